The van der Waals surface area contributed by atoms with Crippen molar-refractivity contribution in [2.45, 2.75) is 44.0 Å². The molecule has 160 valence electrons. The van der Waals surface area contributed by atoms with Crippen LogP contribution in [0.15, 0.2) is 53.4 Å². The third kappa shape index (κ3) is 4.71. The summed E-state index contributed by atoms with van der Waals surface area (Å²) in [5, 5.41) is 2.70. The highest BCUT2D eigenvalue weighted by atomic mass is 32.2. The lowest BCUT2D eigenvalue weighted by Crippen LogP contribution is -2.41. The molecule has 0 fully saturated rings. The number of hydrogen-bond donors (Lipinski definition) is 1. The molecular weight excluding hydrogens is 404 g/mol. The minimum absolute atomic E-state index is 0.0469. The van der Waals surface area contributed by atoms with Crippen molar-refractivity contribution in [1.82, 2.24) is 4.31 Å². The number of rotatable bonds is 7. The predicted molar refractivity (Wildman–Crippen MR) is 113 cm³/mol. The molecule has 0 bridgehead atoms. The highest BCUT2D eigenvalue weighted by molar-refractivity contribution is 7.89. The van der Waals surface area contributed by atoms with E-state index in [0.29, 0.717) is 18.5 Å². The number of sulfonamides is 1. The lowest BCUT2D eigenvalue weighted by Gasteiger charge is -2.36. The van der Waals surface area contributed by atoms with E-state index >= 15 is 0 Å². The third-order valence-corrected chi connectivity index (χ3v) is 7.02. The van der Waals surface area contributed by atoms with Gasteiger partial charge in [-0.15, -0.1) is 0 Å². The minimum atomic E-state index is -3.85. The average Bonchev–Trinajstić information content (AvgIpc) is 2.74. The molecule has 0 aliphatic carbocycles. The molecule has 2 aromatic rings. The second kappa shape index (κ2) is 9.40. The van der Waals surface area contributed by atoms with Crippen LogP contribution >= 0.6 is 0 Å². The van der Waals surface area contributed by atoms with Gasteiger partial charge < -0.3 is 10.1 Å². The summed E-state index contributed by atoms with van der Waals surface area (Å²) in [5.74, 6) is -0.579. The van der Waals surface area contributed by atoms with Crippen molar-refractivity contribution < 1.29 is 22.7 Å². The second-order valence-electron chi connectivity index (χ2n) is 7.02. The zero-order chi connectivity index (χ0) is 21.7. The molecule has 0 saturated carbocycles. The SMILES string of the molecule is CCOC(=O)CC1c2ccccc2CCN1S(=O)(=O)c1ccc(NC(=O)CC)cc1. The molecule has 1 unspecified atom stereocenters. The molecule has 0 radical (unpaired) electrons. The molecule has 1 heterocycles. The van der Waals surface area contributed by atoms with Crippen molar-refractivity contribution in [3.8, 4) is 0 Å². The molecule has 7 nitrogen and oxygen atoms in total. The van der Waals surface area contributed by atoms with E-state index in [1.807, 2.05) is 24.3 Å². The maximum Gasteiger partial charge on any atom is 0.307 e. The van der Waals surface area contributed by atoms with Crippen LogP contribution in [-0.4, -0.2) is 37.8 Å². The fraction of sp³-hybridized carbons (Fsp3) is 0.364. The largest absolute Gasteiger partial charge is 0.466 e. The summed E-state index contributed by atoms with van der Waals surface area (Å²) < 4.78 is 33.3. The number of nitrogens with zero attached hydrogens (tertiary/aromatic N) is 1. The first-order chi connectivity index (χ1) is 14.4. The zero-order valence-electron chi connectivity index (χ0n) is 17.1. The summed E-state index contributed by atoms with van der Waals surface area (Å²) in [6, 6.07) is 13.0. The number of hydrogen-bond acceptors (Lipinski definition) is 5. The van der Waals surface area contributed by atoms with E-state index in [9.17, 15) is 18.0 Å². The highest BCUT2D eigenvalue weighted by Crippen LogP contribution is 2.36. The van der Waals surface area contributed by atoms with Gasteiger partial charge in [-0.25, -0.2) is 8.42 Å². The Kier molecular flexibility index (Phi) is 6.89. The summed E-state index contributed by atoms with van der Waals surface area (Å²) in [4.78, 5) is 23.9. The van der Waals surface area contributed by atoms with Crippen molar-refractivity contribution in [2.75, 3.05) is 18.5 Å². The molecule has 0 saturated heterocycles. The normalized spacial score (nSPS) is 16.5. The van der Waals surface area contributed by atoms with Crippen LogP contribution in [0, 0.1) is 0 Å². The van der Waals surface area contributed by atoms with E-state index in [-0.39, 0.29) is 30.4 Å². The van der Waals surface area contributed by atoms with E-state index in [1.54, 1.807) is 26.0 Å². The van der Waals surface area contributed by atoms with Crippen molar-refractivity contribution >= 4 is 27.6 Å². The Labute approximate surface area is 177 Å². The Hall–Kier alpha value is -2.71. The van der Waals surface area contributed by atoms with Gasteiger partial charge in [-0.1, -0.05) is 31.2 Å². The molecular formula is C22H26N2O5S. The Balaban J connectivity index is 1.92. The van der Waals surface area contributed by atoms with Crippen LogP contribution in [0.1, 0.15) is 43.9 Å². The standard InChI is InChI=1S/C22H26N2O5S/c1-3-21(25)23-17-9-11-18(12-10-17)30(27,28)24-14-13-16-7-5-6-8-19(16)20(24)15-22(26)29-4-2/h5-12,20H,3-4,13-15H2,1-2H3,(H,23,25). The molecule has 1 aliphatic rings. The fourth-order valence-electron chi connectivity index (χ4n) is 3.60. The van der Waals surface area contributed by atoms with Gasteiger partial charge in [-0.2, -0.15) is 4.31 Å². The van der Waals surface area contributed by atoms with Gasteiger partial charge >= 0.3 is 5.97 Å². The Morgan fingerprint density at radius 2 is 1.80 bits per heavy atom. The second-order valence-corrected chi connectivity index (χ2v) is 8.91. The molecule has 0 spiro atoms. The molecule has 8 heteroatoms. The topological polar surface area (TPSA) is 92.8 Å². The number of nitrogens with one attached hydrogen (secondary N) is 1. The van der Waals surface area contributed by atoms with Gasteiger partial charge in [0.15, 0.2) is 0 Å². The van der Waals surface area contributed by atoms with E-state index in [4.69, 9.17) is 4.74 Å². The molecule has 1 atom stereocenters. The van der Waals surface area contributed by atoms with Crippen molar-refractivity contribution in [2.24, 2.45) is 0 Å². The number of esters is 1. The third-order valence-electron chi connectivity index (χ3n) is 5.09. The van der Waals surface area contributed by atoms with Crippen LogP contribution in [-0.2, 0) is 30.8 Å². The van der Waals surface area contributed by atoms with Crippen LogP contribution in [0.2, 0.25) is 0 Å². The lowest BCUT2D eigenvalue weighted by atomic mass is 9.92. The average molecular weight is 431 g/mol. The van der Waals surface area contributed by atoms with Crippen molar-refractivity contribution in [3.05, 3.63) is 59.7 Å². The first-order valence-electron chi connectivity index (χ1n) is 10.0. The molecule has 2 aromatic carbocycles. The summed E-state index contributed by atoms with van der Waals surface area (Å²) in [5.41, 5.74) is 2.40. The van der Waals surface area contributed by atoms with Crippen LogP contribution < -0.4 is 5.32 Å². The minimum Gasteiger partial charge on any atom is -0.466 e. The molecule has 0 aromatic heterocycles. The van der Waals surface area contributed by atoms with Crippen LogP contribution in [0.4, 0.5) is 5.69 Å². The quantitative estimate of drug-likeness (QED) is 0.681. The van der Waals surface area contributed by atoms with Gasteiger partial charge in [0, 0.05) is 18.7 Å². The van der Waals surface area contributed by atoms with Gasteiger partial charge in [0.2, 0.25) is 15.9 Å². The van der Waals surface area contributed by atoms with Gasteiger partial charge in [0.25, 0.3) is 0 Å². The molecule has 1 amide bonds. The van der Waals surface area contributed by atoms with Gasteiger partial charge in [0.05, 0.1) is 24.0 Å². The van der Waals surface area contributed by atoms with Crippen LogP contribution in [0.3, 0.4) is 0 Å². The number of carbonyl (C=O) groups excluding carboxylic acids is 2. The Morgan fingerprint density at radius 1 is 1.10 bits per heavy atom. The number of anilines is 1. The monoisotopic (exact) mass is 430 g/mol. The molecule has 30 heavy (non-hydrogen) atoms. The van der Waals surface area contributed by atoms with Crippen LogP contribution in [0.5, 0.6) is 0 Å². The first kappa shape index (κ1) is 22.0. The molecule has 1 N–H and O–H groups in total. The van der Waals surface area contributed by atoms with Gasteiger partial charge in [-0.3, -0.25) is 9.59 Å². The number of fused-ring (bicyclic) bond motifs is 1. The van der Waals surface area contributed by atoms with E-state index < -0.39 is 22.0 Å². The lowest BCUT2D eigenvalue weighted by molar-refractivity contribution is -0.144. The number of ether oxygens (including phenoxy) is 1. The number of benzene rings is 2. The van der Waals surface area contributed by atoms with Crippen molar-refractivity contribution in [1.29, 1.82) is 0 Å². The van der Waals surface area contributed by atoms with Gasteiger partial charge in [-0.05, 0) is 48.7 Å². The fourth-order valence-corrected chi connectivity index (χ4v) is 5.21. The molecule has 3 rings (SSSR count). The maximum atomic E-state index is 13.4. The summed E-state index contributed by atoms with van der Waals surface area (Å²) in [6.07, 6.45) is 0.858. The first-order valence-corrected chi connectivity index (χ1v) is 11.5. The van der Waals surface area contributed by atoms with Crippen LogP contribution in [0.25, 0.3) is 0 Å². The van der Waals surface area contributed by atoms with Crippen molar-refractivity contribution in [3.63, 3.8) is 0 Å². The zero-order valence-corrected chi connectivity index (χ0v) is 17.9. The Bertz CT molecular complexity index is 1020. The molecule has 1 aliphatic heterocycles. The van der Waals surface area contributed by atoms with E-state index in [1.165, 1.54) is 16.4 Å². The number of amides is 1. The summed E-state index contributed by atoms with van der Waals surface area (Å²) in [6.45, 7) is 3.98. The highest BCUT2D eigenvalue weighted by Gasteiger charge is 2.37. The van der Waals surface area contributed by atoms with E-state index in [0.717, 1.165) is 11.1 Å². The van der Waals surface area contributed by atoms with E-state index in [2.05, 4.69) is 5.32 Å². The smallest absolute Gasteiger partial charge is 0.307 e. The maximum absolute atomic E-state index is 13.4. The Morgan fingerprint density at radius 3 is 2.47 bits per heavy atom. The summed E-state index contributed by atoms with van der Waals surface area (Å²) >= 11 is 0. The summed E-state index contributed by atoms with van der Waals surface area (Å²) in [7, 11) is -3.85. The predicted octanol–water partition coefficient (Wildman–Crippen LogP) is 3.28. The number of carbonyl (C=O) groups is 2. The van der Waals surface area contributed by atoms with Gasteiger partial charge in [0.1, 0.15) is 0 Å².